The summed E-state index contributed by atoms with van der Waals surface area (Å²) < 4.78 is 40.5. The summed E-state index contributed by atoms with van der Waals surface area (Å²) in [5, 5.41) is 6.14. The van der Waals surface area contributed by atoms with Crippen LogP contribution in [0.1, 0.15) is 11.3 Å². The highest BCUT2D eigenvalue weighted by Gasteiger charge is 2.22. The molecule has 0 atom stereocenters. The third kappa shape index (κ3) is 4.28. The van der Waals surface area contributed by atoms with Crippen molar-refractivity contribution in [3.8, 4) is 11.5 Å². The molecule has 9 nitrogen and oxygen atoms in total. The zero-order chi connectivity index (χ0) is 18.0. The molecule has 1 N–H and O–H groups in total. The quantitative estimate of drug-likeness (QED) is 0.814. The lowest BCUT2D eigenvalue weighted by atomic mass is 10.2. The van der Waals surface area contributed by atoms with Crippen molar-refractivity contribution in [1.29, 1.82) is 0 Å². The fourth-order valence-electron chi connectivity index (χ4n) is 2.30. The third-order valence-corrected chi connectivity index (χ3v) is 4.68. The molecule has 2 aromatic rings. The molecule has 134 valence electrons. The number of sulfonamides is 1. The summed E-state index contributed by atoms with van der Waals surface area (Å²) in [6, 6.07) is 6.67. The van der Waals surface area contributed by atoms with E-state index in [0.29, 0.717) is 22.8 Å². The number of rotatable bonds is 6. The monoisotopic (exact) mass is 367 g/mol. The van der Waals surface area contributed by atoms with Crippen LogP contribution in [0.5, 0.6) is 11.5 Å². The molecule has 1 aliphatic heterocycles. The molecule has 1 aromatic carbocycles. The van der Waals surface area contributed by atoms with Crippen LogP contribution in [-0.4, -0.2) is 43.4 Å². The predicted octanol–water partition coefficient (Wildman–Crippen LogP) is 1.11. The molecular weight excluding hydrogens is 350 g/mol. The Hall–Kier alpha value is -2.59. The largest absolute Gasteiger partial charge is 0.454 e. The number of hydrogen-bond acceptors (Lipinski definition) is 7. The van der Waals surface area contributed by atoms with E-state index in [1.165, 1.54) is 0 Å². The first kappa shape index (κ1) is 17.2. The highest BCUT2D eigenvalue weighted by atomic mass is 32.2. The van der Waals surface area contributed by atoms with Gasteiger partial charge in [0.05, 0.1) is 12.8 Å². The van der Waals surface area contributed by atoms with E-state index in [4.69, 9.17) is 14.0 Å². The van der Waals surface area contributed by atoms with E-state index in [2.05, 4.69) is 10.5 Å². The van der Waals surface area contributed by atoms with Crippen molar-refractivity contribution < 1.29 is 27.2 Å². The van der Waals surface area contributed by atoms with Gasteiger partial charge in [-0.1, -0.05) is 11.2 Å². The molecule has 1 aliphatic rings. The van der Waals surface area contributed by atoms with Gasteiger partial charge in [-0.15, -0.1) is 0 Å². The minimum Gasteiger partial charge on any atom is -0.454 e. The number of anilines is 1. The number of carbonyl (C=O) groups excluding carboxylic acids is 1. The van der Waals surface area contributed by atoms with Gasteiger partial charge in [-0.2, -0.15) is 4.31 Å². The van der Waals surface area contributed by atoms with Crippen LogP contribution in [0, 0.1) is 6.92 Å². The van der Waals surface area contributed by atoms with Crippen LogP contribution in [-0.2, 0) is 21.4 Å². The highest BCUT2D eigenvalue weighted by Crippen LogP contribution is 2.32. The molecule has 0 fully saturated rings. The van der Waals surface area contributed by atoms with Crippen molar-refractivity contribution in [3.05, 3.63) is 35.6 Å². The molecule has 0 radical (unpaired) electrons. The van der Waals surface area contributed by atoms with E-state index in [-0.39, 0.29) is 25.7 Å². The summed E-state index contributed by atoms with van der Waals surface area (Å²) in [5.41, 5.74) is 0.680. The molecule has 0 unspecified atom stereocenters. The number of carbonyl (C=O) groups is 1. The Kier molecular flexibility index (Phi) is 4.64. The molecule has 0 saturated heterocycles. The molecule has 0 spiro atoms. The van der Waals surface area contributed by atoms with Gasteiger partial charge in [0.2, 0.25) is 22.7 Å². The normalized spacial score (nSPS) is 13.2. The standard InChI is InChI=1S/C15H17N3O6S/c1-10-5-14(17-24-10)16-15(19)8-18(25(2,20)21)7-11-3-4-12-13(6-11)23-9-22-12/h3-6H,7-9H2,1-2H3,(H,16,17,19). The van der Waals surface area contributed by atoms with E-state index >= 15 is 0 Å². The molecule has 0 saturated carbocycles. The lowest BCUT2D eigenvalue weighted by Gasteiger charge is -2.19. The predicted molar refractivity (Wildman–Crippen MR) is 87.7 cm³/mol. The number of hydrogen-bond donors (Lipinski definition) is 1. The first-order chi connectivity index (χ1) is 11.8. The van der Waals surface area contributed by atoms with E-state index in [9.17, 15) is 13.2 Å². The number of benzene rings is 1. The second kappa shape index (κ2) is 6.73. The summed E-state index contributed by atoms with van der Waals surface area (Å²) in [6.07, 6.45) is 1.05. The smallest absolute Gasteiger partial charge is 0.240 e. The van der Waals surface area contributed by atoms with Crippen molar-refractivity contribution in [2.75, 3.05) is 24.9 Å². The lowest BCUT2D eigenvalue weighted by molar-refractivity contribution is -0.116. The van der Waals surface area contributed by atoms with Gasteiger partial charge >= 0.3 is 0 Å². The first-order valence-electron chi connectivity index (χ1n) is 7.38. The van der Waals surface area contributed by atoms with Gasteiger partial charge in [-0.05, 0) is 24.6 Å². The van der Waals surface area contributed by atoms with Crippen molar-refractivity contribution in [3.63, 3.8) is 0 Å². The van der Waals surface area contributed by atoms with Crippen LogP contribution < -0.4 is 14.8 Å². The van der Waals surface area contributed by atoms with Crippen LogP contribution in [0.4, 0.5) is 5.82 Å². The van der Waals surface area contributed by atoms with Gasteiger partial charge in [0, 0.05) is 12.6 Å². The van der Waals surface area contributed by atoms with Crippen molar-refractivity contribution >= 4 is 21.7 Å². The minimum atomic E-state index is -3.60. The summed E-state index contributed by atoms with van der Waals surface area (Å²) in [6.45, 7) is 1.50. The zero-order valence-electron chi connectivity index (χ0n) is 13.7. The molecule has 0 aliphatic carbocycles. The molecule has 3 rings (SSSR count). The van der Waals surface area contributed by atoms with Crippen LogP contribution in [0.15, 0.2) is 28.8 Å². The van der Waals surface area contributed by atoms with Crippen LogP contribution in [0.2, 0.25) is 0 Å². The van der Waals surface area contributed by atoms with Crippen LogP contribution in [0.3, 0.4) is 0 Å². The van der Waals surface area contributed by atoms with Crippen LogP contribution in [0.25, 0.3) is 0 Å². The van der Waals surface area contributed by atoms with Crippen molar-refractivity contribution in [2.45, 2.75) is 13.5 Å². The SMILES string of the molecule is Cc1cc(NC(=O)CN(Cc2ccc3c(c2)OCO3)S(C)(=O)=O)no1. The summed E-state index contributed by atoms with van der Waals surface area (Å²) in [5.74, 6) is 1.41. The molecule has 10 heteroatoms. The molecule has 1 amide bonds. The molecule has 0 bridgehead atoms. The second-order valence-corrected chi connectivity index (χ2v) is 7.57. The Morgan fingerprint density at radius 1 is 1.28 bits per heavy atom. The number of nitrogens with zero attached hydrogens (tertiary/aromatic N) is 2. The Bertz CT molecular complexity index is 892. The molecule has 25 heavy (non-hydrogen) atoms. The Balaban J connectivity index is 1.70. The van der Waals surface area contributed by atoms with E-state index < -0.39 is 15.9 Å². The fourth-order valence-corrected chi connectivity index (χ4v) is 3.04. The molecular formula is C15H17N3O6S. The topological polar surface area (TPSA) is 111 Å². The number of aromatic nitrogens is 1. The average molecular weight is 367 g/mol. The van der Waals surface area contributed by atoms with E-state index in [0.717, 1.165) is 10.6 Å². The fraction of sp³-hybridized carbons (Fsp3) is 0.333. The maximum atomic E-state index is 12.1. The van der Waals surface area contributed by atoms with Gasteiger partial charge in [0.25, 0.3) is 0 Å². The number of amides is 1. The maximum Gasteiger partial charge on any atom is 0.240 e. The lowest BCUT2D eigenvalue weighted by Crippen LogP contribution is -2.36. The van der Waals surface area contributed by atoms with E-state index in [1.54, 1.807) is 31.2 Å². The Labute approximate surface area is 144 Å². The van der Waals surface area contributed by atoms with Crippen molar-refractivity contribution in [2.24, 2.45) is 0 Å². The van der Waals surface area contributed by atoms with Gasteiger partial charge in [0.1, 0.15) is 5.76 Å². The zero-order valence-corrected chi connectivity index (χ0v) is 14.5. The van der Waals surface area contributed by atoms with Gasteiger partial charge in [-0.25, -0.2) is 8.42 Å². The van der Waals surface area contributed by atoms with Gasteiger partial charge in [-0.3, -0.25) is 4.79 Å². The van der Waals surface area contributed by atoms with Crippen molar-refractivity contribution in [1.82, 2.24) is 9.46 Å². The minimum absolute atomic E-state index is 0.0285. The maximum absolute atomic E-state index is 12.1. The van der Waals surface area contributed by atoms with Gasteiger partial charge < -0.3 is 19.3 Å². The molecule has 1 aromatic heterocycles. The molecule has 2 heterocycles. The Morgan fingerprint density at radius 2 is 2.04 bits per heavy atom. The van der Waals surface area contributed by atoms with Gasteiger partial charge in [0.15, 0.2) is 17.3 Å². The summed E-state index contributed by atoms with van der Waals surface area (Å²) >= 11 is 0. The summed E-state index contributed by atoms with van der Waals surface area (Å²) in [4.78, 5) is 12.1. The van der Waals surface area contributed by atoms with Crippen LogP contribution >= 0.6 is 0 Å². The van der Waals surface area contributed by atoms with E-state index in [1.807, 2.05) is 0 Å². The third-order valence-electron chi connectivity index (χ3n) is 3.48. The Morgan fingerprint density at radius 3 is 2.72 bits per heavy atom. The highest BCUT2D eigenvalue weighted by molar-refractivity contribution is 7.88. The summed E-state index contributed by atoms with van der Waals surface area (Å²) in [7, 11) is -3.60. The number of ether oxygens (including phenoxy) is 2. The number of fused-ring (bicyclic) bond motifs is 1. The first-order valence-corrected chi connectivity index (χ1v) is 9.23. The number of nitrogens with one attached hydrogen (secondary N) is 1. The number of aryl methyl sites for hydroxylation is 1. The average Bonchev–Trinajstić information content (AvgIpc) is 3.14. The second-order valence-electron chi connectivity index (χ2n) is 5.59.